The molecule has 0 aliphatic carbocycles. The molecule has 1 aromatic carbocycles. The average Bonchev–Trinajstić information content (AvgIpc) is 3.00. The van der Waals surface area contributed by atoms with Crippen molar-refractivity contribution in [2.45, 2.75) is 52.5 Å². The number of hydrogen-bond acceptors (Lipinski definition) is 3. The van der Waals surface area contributed by atoms with Gasteiger partial charge in [0.15, 0.2) is 0 Å². The van der Waals surface area contributed by atoms with Crippen molar-refractivity contribution in [3.8, 4) is 0 Å². The van der Waals surface area contributed by atoms with Crippen LogP contribution < -0.4 is 5.32 Å². The van der Waals surface area contributed by atoms with Crippen LogP contribution in [-0.4, -0.2) is 45.9 Å². The van der Waals surface area contributed by atoms with Gasteiger partial charge < -0.3 is 14.8 Å². The van der Waals surface area contributed by atoms with Gasteiger partial charge in [-0.3, -0.25) is 9.59 Å². The number of benzene rings is 1. The molecule has 3 rings (SSSR count). The lowest BCUT2D eigenvalue weighted by Crippen LogP contribution is -2.45. The molecule has 0 saturated carbocycles. The minimum Gasteiger partial charge on any atom is -0.356 e. The minimum atomic E-state index is -0.0737. The number of piperidine rings is 1. The van der Waals surface area contributed by atoms with Crippen molar-refractivity contribution in [3.05, 3.63) is 30.1 Å². The molecule has 27 heavy (non-hydrogen) atoms. The Morgan fingerprint density at radius 3 is 2.93 bits per heavy atom. The predicted octanol–water partition coefficient (Wildman–Crippen LogP) is 2.89. The number of amides is 2. The molecule has 1 aliphatic rings. The third kappa shape index (κ3) is 4.67. The highest BCUT2D eigenvalue weighted by Crippen LogP contribution is 2.18. The highest BCUT2D eigenvalue weighted by Gasteiger charge is 2.27. The number of aryl methyl sites for hydroxylation is 2. The first kappa shape index (κ1) is 19.4. The zero-order chi connectivity index (χ0) is 19.2. The predicted molar refractivity (Wildman–Crippen MR) is 106 cm³/mol. The van der Waals surface area contributed by atoms with Crippen LogP contribution in [0, 0.1) is 12.8 Å². The van der Waals surface area contributed by atoms with Crippen molar-refractivity contribution in [3.63, 3.8) is 0 Å². The molecule has 0 bridgehead atoms. The van der Waals surface area contributed by atoms with E-state index in [0.717, 1.165) is 55.6 Å². The van der Waals surface area contributed by atoms with Crippen LogP contribution in [0.15, 0.2) is 24.3 Å². The number of imidazole rings is 1. The van der Waals surface area contributed by atoms with E-state index in [4.69, 9.17) is 0 Å². The summed E-state index contributed by atoms with van der Waals surface area (Å²) in [5.41, 5.74) is 2.15. The molecular formula is C21H30N4O2. The Balaban J connectivity index is 1.46. The van der Waals surface area contributed by atoms with Gasteiger partial charge in [0, 0.05) is 32.6 Å². The normalized spacial score (nSPS) is 17.3. The molecule has 2 aromatic rings. The maximum atomic E-state index is 12.5. The smallest absolute Gasteiger partial charge is 0.224 e. The van der Waals surface area contributed by atoms with Crippen LogP contribution in [0.25, 0.3) is 11.0 Å². The van der Waals surface area contributed by atoms with Crippen molar-refractivity contribution < 1.29 is 9.59 Å². The Labute approximate surface area is 160 Å². The molecule has 1 unspecified atom stereocenters. The van der Waals surface area contributed by atoms with Gasteiger partial charge in [0.25, 0.3) is 0 Å². The second kappa shape index (κ2) is 9.02. The van der Waals surface area contributed by atoms with Crippen molar-refractivity contribution in [2.24, 2.45) is 5.92 Å². The first-order valence-corrected chi connectivity index (χ1v) is 10.1. The molecule has 2 heterocycles. The third-order valence-electron chi connectivity index (χ3n) is 5.31. The quantitative estimate of drug-likeness (QED) is 0.762. The Bertz CT molecular complexity index is 799. The molecule has 1 aliphatic heterocycles. The fourth-order valence-electron chi connectivity index (χ4n) is 3.86. The number of fused-ring (bicyclic) bond motifs is 1. The van der Waals surface area contributed by atoms with Gasteiger partial charge in [-0.2, -0.15) is 0 Å². The van der Waals surface area contributed by atoms with E-state index in [1.54, 1.807) is 0 Å². The number of carbonyl (C=O) groups excluding carboxylic acids is 2. The van der Waals surface area contributed by atoms with E-state index >= 15 is 0 Å². The van der Waals surface area contributed by atoms with Crippen molar-refractivity contribution >= 4 is 22.8 Å². The number of hydrogen-bond donors (Lipinski definition) is 1. The first-order valence-electron chi connectivity index (χ1n) is 10.1. The highest BCUT2D eigenvalue weighted by molar-refractivity contribution is 5.81. The van der Waals surface area contributed by atoms with E-state index in [-0.39, 0.29) is 17.7 Å². The molecular weight excluding hydrogens is 340 g/mol. The van der Waals surface area contributed by atoms with Crippen molar-refractivity contribution in [1.29, 1.82) is 0 Å². The van der Waals surface area contributed by atoms with Gasteiger partial charge >= 0.3 is 0 Å². The standard InChI is InChI=1S/C21H30N4O2/c1-3-8-20(26)24-13-6-9-17(15-24)21(27)22-12-7-14-25-16(2)23-18-10-4-5-11-19(18)25/h4-5,10-11,17H,3,6-9,12-15H2,1-2H3,(H,22,27). The zero-order valence-corrected chi connectivity index (χ0v) is 16.4. The van der Waals surface area contributed by atoms with Gasteiger partial charge in [-0.05, 0) is 44.7 Å². The number of nitrogens with one attached hydrogen (secondary N) is 1. The Kier molecular flexibility index (Phi) is 6.48. The molecule has 0 radical (unpaired) electrons. The van der Waals surface area contributed by atoms with Crippen LogP contribution in [0.5, 0.6) is 0 Å². The lowest BCUT2D eigenvalue weighted by atomic mass is 9.96. The van der Waals surface area contributed by atoms with Gasteiger partial charge in [-0.1, -0.05) is 19.1 Å². The largest absolute Gasteiger partial charge is 0.356 e. The van der Waals surface area contributed by atoms with E-state index in [0.29, 0.717) is 19.5 Å². The van der Waals surface area contributed by atoms with Crippen LogP contribution in [0.4, 0.5) is 0 Å². The van der Waals surface area contributed by atoms with Crippen LogP contribution in [-0.2, 0) is 16.1 Å². The molecule has 1 N–H and O–H groups in total. The van der Waals surface area contributed by atoms with Crippen LogP contribution >= 0.6 is 0 Å². The van der Waals surface area contributed by atoms with E-state index in [9.17, 15) is 9.59 Å². The summed E-state index contributed by atoms with van der Waals surface area (Å²) in [5.74, 6) is 1.18. The second-order valence-corrected chi connectivity index (χ2v) is 7.37. The molecule has 1 atom stereocenters. The zero-order valence-electron chi connectivity index (χ0n) is 16.4. The number of nitrogens with zero attached hydrogens (tertiary/aromatic N) is 3. The van der Waals surface area contributed by atoms with Crippen molar-refractivity contribution in [1.82, 2.24) is 19.8 Å². The van der Waals surface area contributed by atoms with Crippen LogP contribution in [0.2, 0.25) is 0 Å². The molecule has 6 heteroatoms. The minimum absolute atomic E-state index is 0.0737. The summed E-state index contributed by atoms with van der Waals surface area (Å²) < 4.78 is 2.20. The van der Waals surface area contributed by atoms with Crippen LogP contribution in [0.3, 0.4) is 0 Å². The Morgan fingerprint density at radius 2 is 2.11 bits per heavy atom. The number of likely N-dealkylation sites (tertiary alicyclic amines) is 1. The Morgan fingerprint density at radius 1 is 1.30 bits per heavy atom. The molecule has 1 fully saturated rings. The summed E-state index contributed by atoms with van der Waals surface area (Å²) in [6.45, 7) is 6.86. The maximum absolute atomic E-state index is 12.5. The summed E-state index contributed by atoms with van der Waals surface area (Å²) in [6.07, 6.45) is 4.07. The average molecular weight is 370 g/mol. The van der Waals surface area contributed by atoms with Crippen LogP contribution in [0.1, 0.15) is 44.9 Å². The monoisotopic (exact) mass is 370 g/mol. The van der Waals surface area contributed by atoms with Gasteiger partial charge in [0.1, 0.15) is 5.82 Å². The number of carbonyl (C=O) groups is 2. The van der Waals surface area contributed by atoms with Crippen molar-refractivity contribution in [2.75, 3.05) is 19.6 Å². The molecule has 1 saturated heterocycles. The van der Waals surface area contributed by atoms with E-state index in [2.05, 4.69) is 20.9 Å². The fraction of sp³-hybridized carbons (Fsp3) is 0.571. The van der Waals surface area contributed by atoms with Gasteiger partial charge in [-0.15, -0.1) is 0 Å². The summed E-state index contributed by atoms with van der Waals surface area (Å²) in [5, 5.41) is 3.06. The second-order valence-electron chi connectivity index (χ2n) is 7.37. The maximum Gasteiger partial charge on any atom is 0.224 e. The molecule has 0 spiro atoms. The fourth-order valence-corrected chi connectivity index (χ4v) is 3.86. The third-order valence-corrected chi connectivity index (χ3v) is 5.31. The van der Waals surface area contributed by atoms with Gasteiger partial charge in [0.05, 0.1) is 17.0 Å². The lowest BCUT2D eigenvalue weighted by Gasteiger charge is -2.32. The number of para-hydroxylation sites is 2. The molecule has 2 amide bonds. The van der Waals surface area contributed by atoms with Gasteiger partial charge in [-0.25, -0.2) is 4.98 Å². The SMILES string of the molecule is CCCC(=O)N1CCCC(C(=O)NCCCn2c(C)nc3ccccc32)C1. The summed E-state index contributed by atoms with van der Waals surface area (Å²) in [4.78, 5) is 31.0. The summed E-state index contributed by atoms with van der Waals surface area (Å²) in [6, 6.07) is 8.13. The van der Waals surface area contributed by atoms with E-state index in [1.807, 2.05) is 36.9 Å². The van der Waals surface area contributed by atoms with E-state index < -0.39 is 0 Å². The number of rotatable bonds is 7. The Hall–Kier alpha value is -2.37. The topological polar surface area (TPSA) is 67.2 Å². The molecule has 6 nitrogen and oxygen atoms in total. The lowest BCUT2D eigenvalue weighted by molar-refractivity contribution is -0.135. The summed E-state index contributed by atoms with van der Waals surface area (Å²) >= 11 is 0. The number of aromatic nitrogens is 2. The van der Waals surface area contributed by atoms with Gasteiger partial charge in [0.2, 0.25) is 11.8 Å². The van der Waals surface area contributed by atoms with E-state index in [1.165, 1.54) is 0 Å². The summed E-state index contributed by atoms with van der Waals surface area (Å²) in [7, 11) is 0. The first-order chi connectivity index (χ1) is 13.1. The highest BCUT2D eigenvalue weighted by atomic mass is 16.2. The molecule has 146 valence electrons. The molecule has 1 aromatic heterocycles.